The molecule has 1 N–H and O–H groups in total. The fraction of sp³-hybridized carbons (Fsp3) is 0.0556. The van der Waals surface area contributed by atoms with Gasteiger partial charge in [-0.05, 0) is 65.4 Å². The molecular formula is C36H26N2. The summed E-state index contributed by atoms with van der Waals surface area (Å²) in [7, 11) is 0. The molecule has 1 aliphatic carbocycles. The molecule has 38 heavy (non-hydrogen) atoms. The number of H-pyrrole nitrogens is 1. The molecule has 180 valence electrons. The number of hydrogen-bond donors (Lipinski definition) is 1. The molecule has 5 aromatic carbocycles. The van der Waals surface area contributed by atoms with Crippen LogP contribution in [0, 0.1) is 0 Å². The van der Waals surface area contributed by atoms with E-state index in [1.165, 1.54) is 71.2 Å². The van der Waals surface area contributed by atoms with Crippen LogP contribution in [0.5, 0.6) is 0 Å². The van der Waals surface area contributed by atoms with Crippen LogP contribution in [-0.2, 0) is 0 Å². The minimum Gasteiger partial charge on any atom is -0.355 e. The number of nitrogens with one attached hydrogen (secondary N) is 1. The van der Waals surface area contributed by atoms with Crippen molar-refractivity contribution in [2.24, 2.45) is 0 Å². The number of para-hydroxylation sites is 2. The quantitative estimate of drug-likeness (QED) is 0.262. The first-order valence-corrected chi connectivity index (χ1v) is 13.4. The summed E-state index contributed by atoms with van der Waals surface area (Å²) in [5.74, 6) is 0. The first kappa shape index (κ1) is 21.3. The molecule has 1 aliphatic rings. The number of rotatable bonds is 3. The lowest BCUT2D eigenvalue weighted by atomic mass is 9.89. The van der Waals surface area contributed by atoms with Crippen LogP contribution in [0.25, 0.3) is 72.8 Å². The lowest BCUT2D eigenvalue weighted by Crippen LogP contribution is -2.24. The van der Waals surface area contributed by atoms with Crippen LogP contribution in [-0.4, -0.2) is 9.55 Å². The Kier molecular flexibility index (Phi) is 4.68. The molecule has 0 bridgehead atoms. The molecule has 2 heterocycles. The standard InChI is InChI=1S/C36H26N2/c1-3-12-24(13-4-1)34-27(26-18-11-20-31-35(26)28-16-7-9-19-30(28)37-31)22-23-33-36(34)29-17-8-10-21-32(29)38(33)25-14-5-2-6-15-25/h1-6,8,10-23,37H,7,9H2. The Morgan fingerprint density at radius 1 is 0.553 bits per heavy atom. The van der Waals surface area contributed by atoms with Gasteiger partial charge in [-0.2, -0.15) is 0 Å². The highest BCUT2D eigenvalue weighted by Gasteiger charge is 2.21. The largest absolute Gasteiger partial charge is 0.355 e. The zero-order chi connectivity index (χ0) is 25.1. The van der Waals surface area contributed by atoms with Gasteiger partial charge >= 0.3 is 0 Å². The second-order valence-electron chi connectivity index (χ2n) is 10.1. The molecule has 0 fully saturated rings. The van der Waals surface area contributed by atoms with E-state index in [0.29, 0.717) is 0 Å². The van der Waals surface area contributed by atoms with E-state index in [1.807, 2.05) is 0 Å². The summed E-state index contributed by atoms with van der Waals surface area (Å²) in [6.07, 6.45) is 6.92. The summed E-state index contributed by atoms with van der Waals surface area (Å²) in [5.41, 5.74) is 9.91. The Bertz CT molecular complexity index is 2110. The Morgan fingerprint density at radius 3 is 2.18 bits per heavy atom. The SMILES string of the molecule is C1=c2[nH]c3cccc(-c4ccc5c(c4-c4ccccc4)c4ccccc4n5-c4ccccc4)c3c2=CCC1. The Hall–Kier alpha value is -4.82. The number of hydrogen-bond acceptors (Lipinski definition) is 0. The van der Waals surface area contributed by atoms with Crippen LogP contribution in [0.2, 0.25) is 0 Å². The minimum absolute atomic E-state index is 1.09. The maximum Gasteiger partial charge on any atom is 0.0547 e. The minimum atomic E-state index is 1.09. The number of nitrogens with zero attached hydrogens (tertiary/aromatic N) is 1. The molecule has 0 aliphatic heterocycles. The molecule has 7 aromatic rings. The van der Waals surface area contributed by atoms with Gasteiger partial charge in [0, 0.05) is 37.9 Å². The van der Waals surface area contributed by atoms with Gasteiger partial charge in [-0.3, -0.25) is 0 Å². The molecule has 2 aromatic heterocycles. The van der Waals surface area contributed by atoms with E-state index < -0.39 is 0 Å². The smallest absolute Gasteiger partial charge is 0.0547 e. The highest BCUT2D eigenvalue weighted by molar-refractivity contribution is 6.19. The molecule has 0 saturated heterocycles. The van der Waals surface area contributed by atoms with E-state index in [2.05, 4.69) is 137 Å². The Morgan fingerprint density at radius 2 is 1.32 bits per heavy atom. The number of fused-ring (bicyclic) bond motifs is 6. The van der Waals surface area contributed by atoms with Gasteiger partial charge in [0.1, 0.15) is 0 Å². The fourth-order valence-corrected chi connectivity index (χ4v) is 6.39. The average Bonchev–Trinajstić information content (AvgIpc) is 3.53. The number of aromatic amines is 1. The second kappa shape index (κ2) is 8.36. The van der Waals surface area contributed by atoms with Crippen molar-refractivity contribution in [2.75, 3.05) is 0 Å². The van der Waals surface area contributed by atoms with Gasteiger partial charge in [0.25, 0.3) is 0 Å². The first-order chi connectivity index (χ1) is 18.9. The maximum atomic E-state index is 3.69. The normalized spacial score (nSPS) is 12.9. The highest BCUT2D eigenvalue weighted by Crippen LogP contribution is 2.44. The van der Waals surface area contributed by atoms with Crippen molar-refractivity contribution in [3.8, 4) is 27.9 Å². The van der Waals surface area contributed by atoms with Crippen molar-refractivity contribution in [1.82, 2.24) is 9.55 Å². The summed E-state index contributed by atoms with van der Waals surface area (Å²) in [6.45, 7) is 0. The van der Waals surface area contributed by atoms with Gasteiger partial charge in [-0.1, -0.05) is 97.1 Å². The van der Waals surface area contributed by atoms with Gasteiger partial charge in [0.2, 0.25) is 0 Å². The zero-order valence-electron chi connectivity index (χ0n) is 21.0. The molecule has 0 unspecified atom stereocenters. The Labute approximate surface area is 220 Å². The lowest BCUT2D eigenvalue weighted by molar-refractivity contribution is 1.11. The Balaban J connectivity index is 1.57. The summed E-state index contributed by atoms with van der Waals surface area (Å²) < 4.78 is 2.41. The van der Waals surface area contributed by atoms with E-state index in [0.717, 1.165) is 12.8 Å². The van der Waals surface area contributed by atoms with Crippen LogP contribution in [0.3, 0.4) is 0 Å². The number of benzene rings is 5. The monoisotopic (exact) mass is 486 g/mol. The topological polar surface area (TPSA) is 20.7 Å². The van der Waals surface area contributed by atoms with E-state index in [9.17, 15) is 0 Å². The third-order valence-corrected chi connectivity index (χ3v) is 7.96. The van der Waals surface area contributed by atoms with Crippen molar-refractivity contribution in [3.05, 3.63) is 126 Å². The molecule has 0 atom stereocenters. The third-order valence-electron chi connectivity index (χ3n) is 7.96. The molecule has 2 nitrogen and oxygen atoms in total. The average molecular weight is 487 g/mol. The van der Waals surface area contributed by atoms with Gasteiger partial charge in [0.15, 0.2) is 0 Å². The summed E-state index contributed by atoms with van der Waals surface area (Å²) in [4.78, 5) is 3.69. The van der Waals surface area contributed by atoms with E-state index in [4.69, 9.17) is 0 Å². The van der Waals surface area contributed by atoms with Gasteiger partial charge in [-0.15, -0.1) is 0 Å². The molecule has 0 radical (unpaired) electrons. The van der Waals surface area contributed by atoms with Crippen LogP contribution >= 0.6 is 0 Å². The second-order valence-corrected chi connectivity index (χ2v) is 10.1. The maximum absolute atomic E-state index is 3.69. The van der Waals surface area contributed by atoms with E-state index in [1.54, 1.807) is 0 Å². The van der Waals surface area contributed by atoms with Crippen molar-refractivity contribution in [1.29, 1.82) is 0 Å². The van der Waals surface area contributed by atoms with Crippen LogP contribution in [0.15, 0.2) is 115 Å². The summed E-state index contributed by atoms with van der Waals surface area (Å²) in [5, 5.41) is 6.48. The van der Waals surface area contributed by atoms with Crippen molar-refractivity contribution >= 4 is 44.9 Å². The fourth-order valence-electron chi connectivity index (χ4n) is 6.39. The van der Waals surface area contributed by atoms with Crippen molar-refractivity contribution in [3.63, 3.8) is 0 Å². The molecule has 0 amide bonds. The van der Waals surface area contributed by atoms with Gasteiger partial charge in [0.05, 0.1) is 11.0 Å². The predicted octanol–water partition coefficient (Wildman–Crippen LogP) is 7.95. The molecule has 0 saturated carbocycles. The summed E-state index contributed by atoms with van der Waals surface area (Å²) in [6, 6.07) is 41.8. The molecule has 2 heteroatoms. The van der Waals surface area contributed by atoms with Crippen molar-refractivity contribution < 1.29 is 0 Å². The van der Waals surface area contributed by atoms with Crippen LogP contribution in [0.4, 0.5) is 0 Å². The predicted molar refractivity (Wildman–Crippen MR) is 161 cm³/mol. The zero-order valence-corrected chi connectivity index (χ0v) is 21.0. The molecular weight excluding hydrogens is 460 g/mol. The summed E-state index contributed by atoms with van der Waals surface area (Å²) >= 11 is 0. The van der Waals surface area contributed by atoms with Crippen LogP contribution < -0.4 is 10.6 Å². The highest BCUT2D eigenvalue weighted by atomic mass is 15.0. The lowest BCUT2D eigenvalue weighted by Gasteiger charge is -2.15. The van der Waals surface area contributed by atoms with Gasteiger partial charge in [-0.25, -0.2) is 0 Å². The molecule has 0 spiro atoms. The third kappa shape index (κ3) is 3.07. The van der Waals surface area contributed by atoms with E-state index in [-0.39, 0.29) is 0 Å². The van der Waals surface area contributed by atoms with E-state index >= 15 is 0 Å². The molecule has 8 rings (SSSR count). The van der Waals surface area contributed by atoms with Gasteiger partial charge < -0.3 is 9.55 Å². The van der Waals surface area contributed by atoms with Crippen molar-refractivity contribution in [2.45, 2.75) is 12.8 Å². The van der Waals surface area contributed by atoms with Crippen LogP contribution in [0.1, 0.15) is 12.8 Å². The first-order valence-electron chi connectivity index (χ1n) is 13.4. The number of aromatic nitrogens is 2.